The highest BCUT2D eigenvalue weighted by Gasteiger charge is 2.05. The van der Waals surface area contributed by atoms with Gasteiger partial charge in [-0.3, -0.25) is 0 Å². The summed E-state index contributed by atoms with van der Waals surface area (Å²) in [5, 5.41) is 0. The minimum atomic E-state index is 0.00600. The van der Waals surface area contributed by atoms with Crippen molar-refractivity contribution in [2.24, 2.45) is 5.73 Å². The summed E-state index contributed by atoms with van der Waals surface area (Å²) >= 11 is 0. The molecular formula is C10H19N3O2. The molecule has 1 heterocycles. The predicted molar refractivity (Wildman–Crippen MR) is 57.5 cm³/mol. The zero-order valence-corrected chi connectivity index (χ0v) is 9.35. The second-order valence-corrected chi connectivity index (χ2v) is 3.41. The van der Waals surface area contributed by atoms with E-state index in [0.717, 1.165) is 12.2 Å². The molecule has 0 fully saturated rings. The Morgan fingerprint density at radius 3 is 2.93 bits per heavy atom. The highest BCUT2D eigenvalue weighted by atomic mass is 16.5. The molecule has 0 radical (unpaired) electrons. The molecule has 0 bridgehead atoms. The molecule has 0 aromatic carbocycles. The monoisotopic (exact) mass is 213 g/mol. The van der Waals surface area contributed by atoms with Crippen LogP contribution in [0, 0.1) is 0 Å². The van der Waals surface area contributed by atoms with Crippen molar-refractivity contribution in [3.8, 4) is 0 Å². The molecular weight excluding hydrogens is 194 g/mol. The molecule has 2 N–H and O–H groups in total. The maximum Gasteiger partial charge on any atom is 0.0949 e. The lowest BCUT2D eigenvalue weighted by Gasteiger charge is -2.10. The Morgan fingerprint density at radius 1 is 1.47 bits per heavy atom. The molecule has 1 aromatic heterocycles. The van der Waals surface area contributed by atoms with Crippen molar-refractivity contribution in [2.45, 2.75) is 19.5 Å². The first-order valence-electron chi connectivity index (χ1n) is 5.08. The summed E-state index contributed by atoms with van der Waals surface area (Å²) < 4.78 is 12.3. The second kappa shape index (κ2) is 6.55. The summed E-state index contributed by atoms with van der Waals surface area (Å²) in [6.07, 6.45) is 3.57. The summed E-state index contributed by atoms with van der Waals surface area (Å²) in [5.74, 6) is 0. The molecule has 0 spiro atoms. The van der Waals surface area contributed by atoms with E-state index in [2.05, 4.69) is 4.98 Å². The van der Waals surface area contributed by atoms with Gasteiger partial charge >= 0.3 is 0 Å². The molecule has 1 aromatic rings. The van der Waals surface area contributed by atoms with Gasteiger partial charge in [0.25, 0.3) is 0 Å². The van der Waals surface area contributed by atoms with E-state index in [-0.39, 0.29) is 6.04 Å². The van der Waals surface area contributed by atoms with Crippen LogP contribution in [0.2, 0.25) is 0 Å². The molecule has 15 heavy (non-hydrogen) atoms. The number of nitrogens with zero attached hydrogens (tertiary/aromatic N) is 2. The standard InChI is InChI=1S/C10H19N3O2/c1-9(11)10-7-12-8-13(10)3-4-15-6-5-14-2/h7-9H,3-6,11H2,1-2H3/t9-/m1/s1. The maximum absolute atomic E-state index is 5.79. The zero-order chi connectivity index (χ0) is 11.1. The van der Waals surface area contributed by atoms with Crippen LogP contribution in [-0.2, 0) is 16.0 Å². The summed E-state index contributed by atoms with van der Waals surface area (Å²) in [7, 11) is 1.66. The topological polar surface area (TPSA) is 62.3 Å². The minimum absolute atomic E-state index is 0.00600. The number of imidazole rings is 1. The van der Waals surface area contributed by atoms with Crippen molar-refractivity contribution in [1.29, 1.82) is 0 Å². The number of nitrogens with two attached hydrogens (primary N) is 1. The Bertz CT molecular complexity index is 273. The van der Waals surface area contributed by atoms with Gasteiger partial charge in [0, 0.05) is 25.9 Å². The Hall–Kier alpha value is -0.910. The summed E-state index contributed by atoms with van der Waals surface area (Å²) in [4.78, 5) is 4.06. The zero-order valence-electron chi connectivity index (χ0n) is 9.35. The van der Waals surface area contributed by atoms with Crippen molar-refractivity contribution in [3.63, 3.8) is 0 Å². The van der Waals surface area contributed by atoms with E-state index in [1.54, 1.807) is 19.6 Å². The Balaban J connectivity index is 2.28. The molecule has 0 aliphatic heterocycles. The average Bonchev–Trinajstić information content (AvgIpc) is 2.66. The van der Waals surface area contributed by atoms with E-state index in [9.17, 15) is 0 Å². The second-order valence-electron chi connectivity index (χ2n) is 3.41. The molecule has 0 aliphatic rings. The molecule has 0 amide bonds. The smallest absolute Gasteiger partial charge is 0.0949 e. The van der Waals surface area contributed by atoms with Crippen molar-refractivity contribution in [3.05, 3.63) is 18.2 Å². The number of rotatable bonds is 7. The highest BCUT2D eigenvalue weighted by molar-refractivity contribution is 5.02. The largest absolute Gasteiger partial charge is 0.382 e. The summed E-state index contributed by atoms with van der Waals surface area (Å²) in [5.41, 5.74) is 6.82. The Kier molecular flexibility index (Phi) is 5.31. The number of methoxy groups -OCH3 is 1. The van der Waals surface area contributed by atoms with Gasteiger partial charge < -0.3 is 19.8 Å². The SMILES string of the molecule is COCCOCCn1cncc1[C@@H](C)N. The predicted octanol–water partition coefficient (Wildman–Crippen LogP) is 0.566. The highest BCUT2D eigenvalue weighted by Crippen LogP contribution is 2.07. The Labute approximate surface area is 90.2 Å². The van der Waals surface area contributed by atoms with Gasteiger partial charge in [-0.2, -0.15) is 0 Å². The van der Waals surface area contributed by atoms with E-state index < -0.39 is 0 Å². The molecule has 0 unspecified atom stereocenters. The minimum Gasteiger partial charge on any atom is -0.382 e. The van der Waals surface area contributed by atoms with Crippen LogP contribution < -0.4 is 5.73 Å². The molecule has 0 saturated carbocycles. The van der Waals surface area contributed by atoms with Gasteiger partial charge in [-0.25, -0.2) is 4.98 Å². The average molecular weight is 213 g/mol. The molecule has 1 rings (SSSR count). The first kappa shape index (κ1) is 12.2. The first-order valence-corrected chi connectivity index (χ1v) is 5.08. The lowest BCUT2D eigenvalue weighted by atomic mass is 10.3. The van der Waals surface area contributed by atoms with Gasteiger partial charge in [0.1, 0.15) is 0 Å². The fourth-order valence-electron chi connectivity index (χ4n) is 1.30. The number of hydrogen-bond donors (Lipinski definition) is 1. The third-order valence-electron chi connectivity index (χ3n) is 2.12. The van der Waals surface area contributed by atoms with Crippen LogP contribution in [0.4, 0.5) is 0 Å². The van der Waals surface area contributed by atoms with Crippen molar-refractivity contribution < 1.29 is 9.47 Å². The van der Waals surface area contributed by atoms with Crippen LogP contribution >= 0.6 is 0 Å². The fraction of sp³-hybridized carbons (Fsp3) is 0.700. The summed E-state index contributed by atoms with van der Waals surface area (Å²) in [6.45, 7) is 4.63. The van der Waals surface area contributed by atoms with E-state index in [1.165, 1.54) is 0 Å². The van der Waals surface area contributed by atoms with E-state index in [4.69, 9.17) is 15.2 Å². The molecule has 1 atom stereocenters. The van der Waals surface area contributed by atoms with E-state index in [0.29, 0.717) is 19.8 Å². The third-order valence-corrected chi connectivity index (χ3v) is 2.12. The fourth-order valence-corrected chi connectivity index (χ4v) is 1.30. The molecule has 86 valence electrons. The van der Waals surface area contributed by atoms with Crippen LogP contribution in [0.3, 0.4) is 0 Å². The maximum atomic E-state index is 5.79. The van der Waals surface area contributed by atoms with E-state index >= 15 is 0 Å². The van der Waals surface area contributed by atoms with Gasteiger partial charge in [0.2, 0.25) is 0 Å². The number of aromatic nitrogens is 2. The molecule has 0 saturated heterocycles. The van der Waals surface area contributed by atoms with Crippen molar-refractivity contribution >= 4 is 0 Å². The van der Waals surface area contributed by atoms with Gasteiger partial charge in [-0.1, -0.05) is 0 Å². The van der Waals surface area contributed by atoms with Crippen LogP contribution in [0.25, 0.3) is 0 Å². The van der Waals surface area contributed by atoms with Crippen molar-refractivity contribution in [2.75, 3.05) is 26.9 Å². The van der Waals surface area contributed by atoms with Gasteiger partial charge in [0.05, 0.1) is 31.8 Å². The normalized spacial score (nSPS) is 13.0. The molecule has 5 heteroatoms. The van der Waals surface area contributed by atoms with Crippen LogP contribution in [0.5, 0.6) is 0 Å². The quantitative estimate of drug-likeness (QED) is 0.672. The van der Waals surface area contributed by atoms with Crippen LogP contribution in [-0.4, -0.2) is 36.5 Å². The van der Waals surface area contributed by atoms with Gasteiger partial charge in [-0.15, -0.1) is 0 Å². The number of ether oxygens (including phenoxy) is 2. The van der Waals surface area contributed by atoms with E-state index in [1.807, 2.05) is 11.5 Å². The molecule has 5 nitrogen and oxygen atoms in total. The summed E-state index contributed by atoms with van der Waals surface area (Å²) in [6, 6.07) is 0.00600. The third kappa shape index (κ3) is 3.99. The lowest BCUT2D eigenvalue weighted by Crippen LogP contribution is -2.15. The van der Waals surface area contributed by atoms with Crippen molar-refractivity contribution in [1.82, 2.24) is 9.55 Å². The number of hydrogen-bond acceptors (Lipinski definition) is 4. The van der Waals surface area contributed by atoms with Crippen LogP contribution in [0.1, 0.15) is 18.7 Å². The van der Waals surface area contributed by atoms with Gasteiger partial charge in [-0.05, 0) is 6.92 Å². The van der Waals surface area contributed by atoms with Gasteiger partial charge in [0.15, 0.2) is 0 Å². The lowest BCUT2D eigenvalue weighted by molar-refractivity contribution is 0.0663. The van der Waals surface area contributed by atoms with Crippen LogP contribution in [0.15, 0.2) is 12.5 Å². The Morgan fingerprint density at radius 2 is 2.27 bits per heavy atom. The molecule has 0 aliphatic carbocycles. The first-order chi connectivity index (χ1) is 7.25.